The molecular weight excluding hydrogens is 222 g/mol. The summed E-state index contributed by atoms with van der Waals surface area (Å²) < 4.78 is 5.19. The first-order chi connectivity index (χ1) is 8.08. The lowest BCUT2D eigenvalue weighted by atomic mass is 10.0. The number of carboxylic acid groups (broad SMARTS) is 1. The minimum Gasteiger partial charge on any atom is -0.481 e. The standard InChI is InChI=1S/C12H15NO4/c1-7-5-6-10(17-7)11(14)13-9-4-2-3-8(9)12(15)16/h5-6,8-9H,2-4H2,1H3,(H,13,14)(H,15,16). The normalized spacial score (nSPS) is 23.6. The molecule has 92 valence electrons. The molecule has 17 heavy (non-hydrogen) atoms. The first kappa shape index (κ1) is 11.7. The van der Waals surface area contributed by atoms with Crippen molar-refractivity contribution in [1.82, 2.24) is 5.32 Å². The number of carbonyl (C=O) groups is 2. The molecule has 0 spiro atoms. The number of aliphatic carboxylic acids is 1. The van der Waals surface area contributed by atoms with Crippen molar-refractivity contribution in [2.24, 2.45) is 5.92 Å². The average Bonchev–Trinajstić information content (AvgIpc) is 2.86. The molecule has 2 unspecified atom stereocenters. The highest BCUT2D eigenvalue weighted by Gasteiger charge is 2.34. The van der Waals surface area contributed by atoms with E-state index in [9.17, 15) is 9.59 Å². The van der Waals surface area contributed by atoms with Gasteiger partial charge in [-0.2, -0.15) is 0 Å². The third-order valence-electron chi connectivity index (χ3n) is 3.11. The van der Waals surface area contributed by atoms with Crippen molar-refractivity contribution in [3.05, 3.63) is 23.7 Å². The third kappa shape index (κ3) is 2.49. The first-order valence-corrected chi connectivity index (χ1v) is 5.68. The Morgan fingerprint density at radius 3 is 2.76 bits per heavy atom. The minimum absolute atomic E-state index is 0.235. The molecule has 0 bridgehead atoms. The van der Waals surface area contributed by atoms with Gasteiger partial charge in [0.2, 0.25) is 0 Å². The van der Waals surface area contributed by atoms with Gasteiger partial charge in [-0.15, -0.1) is 0 Å². The van der Waals surface area contributed by atoms with Gasteiger partial charge in [-0.1, -0.05) is 6.42 Å². The summed E-state index contributed by atoms with van der Waals surface area (Å²) in [7, 11) is 0. The van der Waals surface area contributed by atoms with Gasteiger partial charge in [0.1, 0.15) is 5.76 Å². The lowest BCUT2D eigenvalue weighted by Crippen LogP contribution is -2.40. The van der Waals surface area contributed by atoms with Crippen molar-refractivity contribution >= 4 is 11.9 Å². The Hall–Kier alpha value is -1.78. The van der Waals surface area contributed by atoms with E-state index in [1.807, 2.05) is 0 Å². The summed E-state index contributed by atoms with van der Waals surface area (Å²) in [6.07, 6.45) is 2.17. The molecule has 1 heterocycles. The quantitative estimate of drug-likeness (QED) is 0.836. The SMILES string of the molecule is Cc1ccc(C(=O)NC2CCCC2C(=O)O)o1. The molecule has 2 rings (SSSR count). The number of furan rings is 1. The Morgan fingerprint density at radius 2 is 2.18 bits per heavy atom. The van der Waals surface area contributed by atoms with E-state index in [0.29, 0.717) is 18.6 Å². The monoisotopic (exact) mass is 237 g/mol. The van der Waals surface area contributed by atoms with E-state index in [4.69, 9.17) is 9.52 Å². The maximum atomic E-state index is 11.8. The molecule has 0 aliphatic heterocycles. The minimum atomic E-state index is -0.844. The summed E-state index contributed by atoms with van der Waals surface area (Å²) in [5.41, 5.74) is 0. The van der Waals surface area contributed by atoms with Crippen molar-refractivity contribution < 1.29 is 19.1 Å². The van der Waals surface area contributed by atoms with E-state index >= 15 is 0 Å². The number of aryl methyl sites for hydroxylation is 1. The second-order valence-corrected chi connectivity index (χ2v) is 4.37. The molecule has 1 aliphatic rings. The molecule has 1 saturated carbocycles. The second-order valence-electron chi connectivity index (χ2n) is 4.37. The van der Waals surface area contributed by atoms with Crippen molar-refractivity contribution in [2.75, 3.05) is 0 Å². The van der Waals surface area contributed by atoms with Crippen LogP contribution in [0.5, 0.6) is 0 Å². The molecule has 5 heteroatoms. The number of amides is 1. The predicted molar refractivity (Wildman–Crippen MR) is 59.7 cm³/mol. The number of hydrogen-bond acceptors (Lipinski definition) is 3. The van der Waals surface area contributed by atoms with Crippen LogP contribution in [0.15, 0.2) is 16.5 Å². The van der Waals surface area contributed by atoms with Crippen LogP contribution >= 0.6 is 0 Å². The number of nitrogens with one attached hydrogen (secondary N) is 1. The smallest absolute Gasteiger partial charge is 0.308 e. The fourth-order valence-corrected chi connectivity index (χ4v) is 2.22. The Kier molecular flexibility index (Phi) is 3.17. The number of carboxylic acids is 1. The molecule has 1 fully saturated rings. The molecule has 0 saturated heterocycles. The summed E-state index contributed by atoms with van der Waals surface area (Å²) in [4.78, 5) is 22.7. The van der Waals surface area contributed by atoms with E-state index in [2.05, 4.69) is 5.32 Å². The zero-order chi connectivity index (χ0) is 12.4. The fraction of sp³-hybridized carbons (Fsp3) is 0.500. The highest BCUT2D eigenvalue weighted by Crippen LogP contribution is 2.26. The van der Waals surface area contributed by atoms with Gasteiger partial charge in [-0.05, 0) is 31.9 Å². The van der Waals surface area contributed by atoms with Crippen molar-refractivity contribution in [2.45, 2.75) is 32.2 Å². The number of hydrogen-bond donors (Lipinski definition) is 2. The molecule has 2 atom stereocenters. The maximum absolute atomic E-state index is 11.8. The lowest BCUT2D eigenvalue weighted by molar-refractivity contribution is -0.142. The van der Waals surface area contributed by atoms with Crippen molar-refractivity contribution in [1.29, 1.82) is 0 Å². The van der Waals surface area contributed by atoms with Crippen LogP contribution in [-0.2, 0) is 4.79 Å². The molecule has 1 amide bonds. The van der Waals surface area contributed by atoms with Gasteiger partial charge in [0.25, 0.3) is 5.91 Å². The number of rotatable bonds is 3. The molecule has 0 radical (unpaired) electrons. The molecule has 1 aliphatic carbocycles. The van der Waals surface area contributed by atoms with Crippen LogP contribution in [0.2, 0.25) is 0 Å². The van der Waals surface area contributed by atoms with Crippen molar-refractivity contribution in [3.8, 4) is 0 Å². The Bertz CT molecular complexity index is 437. The van der Waals surface area contributed by atoms with Gasteiger partial charge >= 0.3 is 5.97 Å². The van der Waals surface area contributed by atoms with Crippen LogP contribution in [0, 0.1) is 12.8 Å². The van der Waals surface area contributed by atoms with E-state index in [0.717, 1.165) is 6.42 Å². The Balaban J connectivity index is 2.01. The zero-order valence-electron chi connectivity index (χ0n) is 9.60. The molecule has 2 N–H and O–H groups in total. The van der Waals surface area contributed by atoms with Crippen LogP contribution in [0.3, 0.4) is 0 Å². The summed E-state index contributed by atoms with van der Waals surface area (Å²) in [6.45, 7) is 1.76. The van der Waals surface area contributed by atoms with E-state index < -0.39 is 11.9 Å². The average molecular weight is 237 g/mol. The van der Waals surface area contributed by atoms with E-state index in [1.54, 1.807) is 19.1 Å². The number of carbonyl (C=O) groups excluding carboxylic acids is 1. The van der Waals surface area contributed by atoms with E-state index in [1.165, 1.54) is 0 Å². The van der Waals surface area contributed by atoms with Crippen LogP contribution < -0.4 is 5.32 Å². The summed E-state index contributed by atoms with van der Waals surface area (Å²) in [5, 5.41) is 11.7. The molecular formula is C12H15NO4. The van der Waals surface area contributed by atoms with Gasteiger partial charge < -0.3 is 14.8 Å². The predicted octanol–water partition coefficient (Wildman–Crippen LogP) is 1.57. The largest absolute Gasteiger partial charge is 0.481 e. The van der Waals surface area contributed by atoms with Gasteiger partial charge in [0.15, 0.2) is 5.76 Å². The Labute approximate surface area is 98.8 Å². The summed E-state index contributed by atoms with van der Waals surface area (Å²) in [5.74, 6) is -0.760. The van der Waals surface area contributed by atoms with Crippen LogP contribution in [0.25, 0.3) is 0 Å². The fourth-order valence-electron chi connectivity index (χ4n) is 2.22. The lowest BCUT2D eigenvalue weighted by Gasteiger charge is -2.16. The second kappa shape index (κ2) is 4.61. The van der Waals surface area contributed by atoms with Gasteiger partial charge in [0.05, 0.1) is 5.92 Å². The first-order valence-electron chi connectivity index (χ1n) is 5.68. The van der Waals surface area contributed by atoms with E-state index in [-0.39, 0.29) is 17.7 Å². The third-order valence-corrected chi connectivity index (χ3v) is 3.11. The highest BCUT2D eigenvalue weighted by atomic mass is 16.4. The van der Waals surface area contributed by atoms with Crippen LogP contribution in [0.4, 0.5) is 0 Å². The summed E-state index contributed by atoms with van der Waals surface area (Å²) >= 11 is 0. The summed E-state index contributed by atoms with van der Waals surface area (Å²) in [6, 6.07) is 3.01. The van der Waals surface area contributed by atoms with Crippen LogP contribution in [-0.4, -0.2) is 23.0 Å². The zero-order valence-corrected chi connectivity index (χ0v) is 9.60. The van der Waals surface area contributed by atoms with Gasteiger partial charge in [-0.25, -0.2) is 0 Å². The van der Waals surface area contributed by atoms with Crippen LogP contribution in [0.1, 0.15) is 35.6 Å². The van der Waals surface area contributed by atoms with Gasteiger partial charge in [-0.3, -0.25) is 9.59 Å². The maximum Gasteiger partial charge on any atom is 0.308 e. The van der Waals surface area contributed by atoms with Gasteiger partial charge in [0, 0.05) is 6.04 Å². The molecule has 0 aromatic carbocycles. The highest BCUT2D eigenvalue weighted by molar-refractivity contribution is 5.92. The Morgan fingerprint density at radius 1 is 1.41 bits per heavy atom. The molecule has 1 aromatic rings. The molecule has 5 nitrogen and oxygen atoms in total. The topological polar surface area (TPSA) is 79.5 Å². The molecule has 1 aromatic heterocycles. The van der Waals surface area contributed by atoms with Crippen molar-refractivity contribution in [3.63, 3.8) is 0 Å².